The summed E-state index contributed by atoms with van der Waals surface area (Å²) in [5.74, 6) is 0. The second-order valence-corrected chi connectivity index (χ2v) is 7.32. The van der Waals surface area contributed by atoms with Gasteiger partial charge >= 0.3 is 5.69 Å². The Balaban J connectivity index is 1.72. The third-order valence-electron chi connectivity index (χ3n) is 5.49. The molecule has 2 N–H and O–H groups in total. The molecule has 0 saturated heterocycles. The Morgan fingerprint density at radius 2 is 1.59 bits per heavy atom. The van der Waals surface area contributed by atoms with Gasteiger partial charge in [-0.05, 0) is 70.5 Å². The van der Waals surface area contributed by atoms with Crippen LogP contribution in [0, 0.1) is 0 Å². The molecule has 29 heavy (non-hydrogen) atoms. The number of H-pyrrole nitrogens is 2. The number of aromatic nitrogens is 2. The highest BCUT2D eigenvalue weighted by atomic mass is 19.3. The van der Waals surface area contributed by atoms with Crippen molar-refractivity contribution in [3.8, 4) is 0 Å². The van der Waals surface area contributed by atoms with E-state index in [0.29, 0.717) is 6.42 Å². The quantitative estimate of drug-likeness (QED) is 0.469. The lowest BCUT2D eigenvalue weighted by Crippen LogP contribution is -1.99. The zero-order chi connectivity index (χ0) is 20.0. The number of fused-ring (bicyclic) bond motifs is 3. The maximum Gasteiger partial charge on any atom is 0.323 e. The zero-order valence-electron chi connectivity index (χ0n) is 15.5. The minimum absolute atomic E-state index is 0.0559. The van der Waals surface area contributed by atoms with E-state index in [-0.39, 0.29) is 11.3 Å². The van der Waals surface area contributed by atoms with Crippen LogP contribution in [0.4, 0.5) is 8.78 Å². The lowest BCUT2D eigenvalue weighted by molar-refractivity contribution is 0.151. The van der Waals surface area contributed by atoms with Crippen LogP contribution in [0.5, 0.6) is 0 Å². The van der Waals surface area contributed by atoms with E-state index >= 15 is 0 Å². The lowest BCUT2D eigenvalue weighted by Gasteiger charge is -2.13. The van der Waals surface area contributed by atoms with Gasteiger partial charge in [0.05, 0.1) is 11.0 Å². The molecule has 0 radical (unpaired) electrons. The molecule has 0 atom stereocenters. The molecule has 5 heteroatoms. The number of hydrogen-bond acceptors (Lipinski definition) is 1. The molecule has 1 heterocycles. The number of nitrogens with one attached hydrogen (secondary N) is 2. The van der Waals surface area contributed by atoms with Crippen LogP contribution in [-0.2, 0) is 12.8 Å². The van der Waals surface area contributed by atoms with E-state index in [4.69, 9.17) is 0 Å². The highest BCUT2D eigenvalue weighted by Crippen LogP contribution is 2.36. The fourth-order valence-corrected chi connectivity index (χ4v) is 4.10. The summed E-state index contributed by atoms with van der Waals surface area (Å²) < 4.78 is 26.5. The van der Waals surface area contributed by atoms with Crippen molar-refractivity contribution in [3.63, 3.8) is 0 Å². The van der Waals surface area contributed by atoms with Crippen LogP contribution >= 0.6 is 0 Å². The van der Waals surface area contributed by atoms with Gasteiger partial charge in [0, 0.05) is 5.56 Å². The van der Waals surface area contributed by atoms with Gasteiger partial charge in [-0.3, -0.25) is 0 Å². The summed E-state index contributed by atoms with van der Waals surface area (Å²) in [6.07, 6.45) is 1.10. The lowest BCUT2D eigenvalue weighted by atomic mass is 9.91. The van der Waals surface area contributed by atoms with E-state index in [0.717, 1.165) is 45.3 Å². The molecule has 5 rings (SSSR count). The summed E-state index contributed by atoms with van der Waals surface area (Å²) in [6, 6.07) is 18.9. The number of halogens is 2. The molecule has 1 aliphatic rings. The first-order valence-corrected chi connectivity index (χ1v) is 9.52. The fourth-order valence-electron chi connectivity index (χ4n) is 4.10. The van der Waals surface area contributed by atoms with Crippen molar-refractivity contribution in [1.29, 1.82) is 0 Å². The van der Waals surface area contributed by atoms with Crippen molar-refractivity contribution in [2.24, 2.45) is 0 Å². The number of benzene rings is 3. The average molecular weight is 388 g/mol. The molecule has 0 bridgehead atoms. The van der Waals surface area contributed by atoms with Crippen molar-refractivity contribution in [2.75, 3.05) is 0 Å². The minimum atomic E-state index is -2.48. The van der Waals surface area contributed by atoms with Crippen LogP contribution in [0.25, 0.3) is 22.7 Å². The number of imidazole rings is 1. The van der Waals surface area contributed by atoms with Gasteiger partial charge in [-0.1, -0.05) is 42.5 Å². The van der Waals surface area contributed by atoms with Crippen LogP contribution in [0.2, 0.25) is 0 Å². The van der Waals surface area contributed by atoms with Crippen LogP contribution < -0.4 is 5.69 Å². The van der Waals surface area contributed by atoms with E-state index in [1.807, 2.05) is 36.4 Å². The third-order valence-corrected chi connectivity index (χ3v) is 5.49. The molecule has 3 aromatic carbocycles. The van der Waals surface area contributed by atoms with Gasteiger partial charge in [-0.25, -0.2) is 13.6 Å². The molecule has 0 amide bonds. The molecule has 1 aromatic heterocycles. The number of rotatable bonds is 2. The van der Waals surface area contributed by atoms with Crippen LogP contribution in [0.1, 0.15) is 39.8 Å². The third kappa shape index (κ3) is 3.18. The highest BCUT2D eigenvalue weighted by molar-refractivity contribution is 5.95. The predicted octanol–water partition coefficient (Wildman–Crippen LogP) is 5.48. The fraction of sp³-hybridized carbons (Fsp3) is 0.125. The highest BCUT2D eigenvalue weighted by Gasteiger charge is 2.20. The largest absolute Gasteiger partial charge is 0.323 e. The van der Waals surface area contributed by atoms with E-state index in [1.165, 1.54) is 11.6 Å². The molecule has 0 saturated carbocycles. The van der Waals surface area contributed by atoms with E-state index in [9.17, 15) is 13.6 Å². The monoisotopic (exact) mass is 388 g/mol. The number of hydrogen-bond donors (Lipinski definition) is 2. The van der Waals surface area contributed by atoms with E-state index in [2.05, 4.69) is 28.2 Å². The Kier molecular flexibility index (Phi) is 4.16. The smallest absolute Gasteiger partial charge is 0.306 e. The number of alkyl halides is 2. The molecule has 0 spiro atoms. The van der Waals surface area contributed by atoms with Gasteiger partial charge < -0.3 is 9.97 Å². The maximum absolute atomic E-state index is 13.2. The topological polar surface area (TPSA) is 48.6 Å². The molecule has 0 fully saturated rings. The molecule has 0 aliphatic heterocycles. The van der Waals surface area contributed by atoms with Gasteiger partial charge in [0.25, 0.3) is 6.43 Å². The van der Waals surface area contributed by atoms with Crippen molar-refractivity contribution in [1.82, 2.24) is 9.97 Å². The SMILES string of the molecule is O=c1[nH]c2ccc(C=C3c4ccccc4CCc4cc(C(F)F)ccc43)cc2[nH]1. The molecular formula is C24H18F2N2O. The summed E-state index contributed by atoms with van der Waals surface area (Å²) in [5.41, 5.74) is 7.45. The van der Waals surface area contributed by atoms with Crippen molar-refractivity contribution < 1.29 is 8.78 Å². The Hall–Kier alpha value is -3.47. The van der Waals surface area contributed by atoms with E-state index in [1.54, 1.807) is 6.07 Å². The minimum Gasteiger partial charge on any atom is -0.306 e. The Bertz CT molecular complexity index is 1310. The first-order valence-electron chi connectivity index (χ1n) is 9.52. The van der Waals surface area contributed by atoms with E-state index < -0.39 is 6.43 Å². The second-order valence-electron chi connectivity index (χ2n) is 7.32. The molecule has 0 unspecified atom stereocenters. The molecule has 144 valence electrons. The van der Waals surface area contributed by atoms with Crippen molar-refractivity contribution in [3.05, 3.63) is 105 Å². The number of aromatic amines is 2. The average Bonchev–Trinajstić information content (AvgIpc) is 3.02. The Morgan fingerprint density at radius 3 is 2.45 bits per heavy atom. The zero-order valence-corrected chi connectivity index (χ0v) is 15.5. The standard InChI is InChI=1S/C24H18F2N2O/c25-23(26)17-8-9-19-16(13-17)7-6-15-3-1-2-4-18(15)20(19)11-14-5-10-21-22(12-14)28-24(29)27-21/h1-5,8-13,23H,6-7H2,(H2,27,28,29). The van der Waals surface area contributed by atoms with Crippen molar-refractivity contribution in [2.45, 2.75) is 19.3 Å². The Labute approximate surface area is 165 Å². The molecular weight excluding hydrogens is 370 g/mol. The summed E-state index contributed by atoms with van der Waals surface area (Å²) in [5, 5.41) is 0. The predicted molar refractivity (Wildman–Crippen MR) is 111 cm³/mol. The van der Waals surface area contributed by atoms with Gasteiger partial charge in [0.2, 0.25) is 0 Å². The summed E-state index contributed by atoms with van der Waals surface area (Å²) in [4.78, 5) is 17.1. The van der Waals surface area contributed by atoms with Gasteiger partial charge in [-0.2, -0.15) is 0 Å². The van der Waals surface area contributed by atoms with Crippen molar-refractivity contribution >= 4 is 22.7 Å². The second kappa shape index (κ2) is 6.85. The molecule has 3 nitrogen and oxygen atoms in total. The number of aryl methyl sites for hydroxylation is 2. The molecule has 4 aromatic rings. The first-order chi connectivity index (χ1) is 14.1. The molecule has 1 aliphatic carbocycles. The van der Waals surface area contributed by atoms with Crippen LogP contribution in [-0.4, -0.2) is 9.97 Å². The van der Waals surface area contributed by atoms with Gasteiger partial charge in [0.15, 0.2) is 0 Å². The van der Waals surface area contributed by atoms with Gasteiger partial charge in [0.1, 0.15) is 0 Å². The van der Waals surface area contributed by atoms with Crippen LogP contribution in [0.15, 0.2) is 65.5 Å². The summed E-state index contributed by atoms with van der Waals surface area (Å²) in [6.45, 7) is 0. The Morgan fingerprint density at radius 1 is 0.828 bits per heavy atom. The first kappa shape index (κ1) is 17.6. The normalized spacial score (nSPS) is 14.8. The summed E-state index contributed by atoms with van der Waals surface area (Å²) in [7, 11) is 0. The summed E-state index contributed by atoms with van der Waals surface area (Å²) >= 11 is 0. The van der Waals surface area contributed by atoms with Crippen LogP contribution in [0.3, 0.4) is 0 Å². The van der Waals surface area contributed by atoms with Gasteiger partial charge in [-0.15, -0.1) is 0 Å². The maximum atomic E-state index is 13.2.